The number of hydrogen-bond acceptors (Lipinski definition) is 19. The number of nitrogens with one attached hydrogen (secondary N) is 1. The molecule has 4 heterocycles. The van der Waals surface area contributed by atoms with Gasteiger partial charge in [0.2, 0.25) is 0 Å². The second kappa shape index (κ2) is 41.0. The van der Waals surface area contributed by atoms with Crippen LogP contribution in [-0.4, -0.2) is 122 Å². The van der Waals surface area contributed by atoms with E-state index in [0.29, 0.717) is 65.3 Å². The molecule has 20 nitrogen and oxygen atoms in total. The average molecular weight is 1550 g/mol. The summed E-state index contributed by atoms with van der Waals surface area (Å²) >= 11 is 0. The predicted octanol–water partition coefficient (Wildman–Crippen LogP) is 17.5. The SMILES string of the molecule is CC(C)(C)OC(=O)COCC1CCN(c2cncc(N(c3ccccc3)c3cccc(OC(F)F)c3)n2)CC1.FC(F)Oc1cccc(Nc2ccccc2)c1.I.Nc1cccc(OC(F)F)c1.O=C(O)COCC1CCN(c2cncc(N(c3ccccc3)c3cccc(OC(F)F)c3)n2)CC1. The van der Waals surface area contributed by atoms with Crippen LogP contribution in [0.5, 0.6) is 23.0 Å². The zero-order valence-corrected chi connectivity index (χ0v) is 58.7. The number of halogens is 9. The highest BCUT2D eigenvalue weighted by atomic mass is 127. The summed E-state index contributed by atoms with van der Waals surface area (Å²) in [5.41, 5.74) is 9.60. The molecule has 4 N–H and O–H groups in total. The van der Waals surface area contributed by atoms with Crippen LogP contribution in [0.4, 0.5) is 98.2 Å². The van der Waals surface area contributed by atoms with Gasteiger partial charge in [-0.2, -0.15) is 35.1 Å². The fourth-order valence-corrected chi connectivity index (χ4v) is 10.6. The summed E-state index contributed by atoms with van der Waals surface area (Å²) in [7, 11) is 0. The van der Waals surface area contributed by atoms with Crippen molar-refractivity contribution in [3.05, 3.63) is 213 Å². The molecule has 103 heavy (non-hydrogen) atoms. The number of esters is 1. The van der Waals surface area contributed by atoms with Crippen molar-refractivity contribution in [1.29, 1.82) is 0 Å². The standard InChI is InChI=1S/C29H34F2N4O4.C25H26F2N4O4.C13H11F2NO.C7H7F2NO.HI/c1-29(2,3)39-27(36)20-37-19-21-12-14-34(15-13-21)25-17-32-18-26(33-25)35(22-8-5-4-6-9-22)23-10-7-11-24(16-23)38-28(30)31;26-25(27)35-21-8-4-7-20(13-21)31(19-5-2-1-3-6-19)23-15-28-14-22(29-23)30-11-9-18(10-12-30)16-34-17-24(32)33;14-13(15)17-12-8-4-7-11(9-12)16-10-5-2-1-3-6-10;8-7(9)11-6-3-1-2-5(10)4-6;/h4-11,16-18,21,28H,12-15,19-20H2,1-3H3;1-8,13-15,18,25H,9-12,16-17H2,(H,32,33);1-9,13,16H;1-4,7H,10H2;1H. The molecule has 2 aromatic heterocycles. The number of hydrogen-bond donors (Lipinski definition) is 3. The van der Waals surface area contributed by atoms with E-state index in [-0.39, 0.29) is 66.2 Å². The summed E-state index contributed by atoms with van der Waals surface area (Å²) < 4.78 is 132. The fourth-order valence-electron chi connectivity index (χ4n) is 10.6. The minimum atomic E-state index is -2.92. The van der Waals surface area contributed by atoms with Crippen molar-refractivity contribution < 1.29 is 83.0 Å². The Labute approximate surface area is 608 Å². The zero-order chi connectivity index (χ0) is 72.8. The number of carboxylic acids is 1. The van der Waals surface area contributed by atoms with E-state index < -0.39 is 38.0 Å². The minimum Gasteiger partial charge on any atom is -0.480 e. The van der Waals surface area contributed by atoms with Gasteiger partial charge in [0, 0.05) is 78.9 Å². The van der Waals surface area contributed by atoms with Crippen molar-refractivity contribution in [2.75, 3.05) is 83.3 Å². The lowest BCUT2D eigenvalue weighted by atomic mass is 9.98. The topological polar surface area (TPSA) is 222 Å². The van der Waals surface area contributed by atoms with E-state index in [4.69, 9.17) is 35.0 Å². The van der Waals surface area contributed by atoms with E-state index >= 15 is 0 Å². The average Bonchev–Trinajstić information content (AvgIpc) is 0.804. The first-order valence-electron chi connectivity index (χ1n) is 32.3. The Morgan fingerprint density at radius 3 is 1.27 bits per heavy atom. The number of piperidine rings is 2. The molecule has 548 valence electrons. The van der Waals surface area contributed by atoms with Gasteiger partial charge in [0.25, 0.3) is 0 Å². The highest BCUT2D eigenvalue weighted by Gasteiger charge is 2.26. The number of aliphatic carboxylic acids is 1. The van der Waals surface area contributed by atoms with Crippen LogP contribution in [0.2, 0.25) is 0 Å². The van der Waals surface area contributed by atoms with Crippen LogP contribution >= 0.6 is 24.0 Å². The molecule has 0 radical (unpaired) electrons. The van der Waals surface area contributed by atoms with E-state index in [9.17, 15) is 44.7 Å². The van der Waals surface area contributed by atoms with Gasteiger partial charge in [0.1, 0.15) is 53.4 Å². The zero-order valence-electron chi connectivity index (χ0n) is 56.4. The van der Waals surface area contributed by atoms with Crippen LogP contribution in [0.3, 0.4) is 0 Å². The van der Waals surface area contributed by atoms with Crippen molar-refractivity contribution in [2.45, 2.75) is 78.5 Å². The number of rotatable bonds is 26. The first-order chi connectivity index (χ1) is 49.1. The number of nitrogens with two attached hydrogens (primary N) is 1. The summed E-state index contributed by atoms with van der Waals surface area (Å²) in [6.07, 6.45) is 10.2. The van der Waals surface area contributed by atoms with Gasteiger partial charge in [-0.15, -0.1) is 24.0 Å². The van der Waals surface area contributed by atoms with Crippen molar-refractivity contribution in [2.24, 2.45) is 11.8 Å². The number of para-hydroxylation sites is 3. The molecule has 9 aromatic rings. The van der Waals surface area contributed by atoms with E-state index in [1.54, 1.807) is 73.3 Å². The van der Waals surface area contributed by atoms with Gasteiger partial charge in [-0.1, -0.05) is 78.9 Å². The Balaban J connectivity index is 0.000000210. The maximum absolute atomic E-state index is 12.9. The Morgan fingerprint density at radius 2 is 0.864 bits per heavy atom. The molecule has 11 rings (SSSR count). The van der Waals surface area contributed by atoms with Crippen LogP contribution in [-0.2, 0) is 23.8 Å². The van der Waals surface area contributed by atoms with E-state index in [1.165, 1.54) is 42.5 Å². The number of carboxylic acid groups (broad SMARTS) is 1. The molecule has 0 saturated carbocycles. The molecule has 0 bridgehead atoms. The van der Waals surface area contributed by atoms with Gasteiger partial charge in [-0.25, -0.2) is 19.6 Å². The largest absolute Gasteiger partial charge is 0.480 e. The molecule has 0 spiro atoms. The Kier molecular flexibility index (Phi) is 31.9. The lowest BCUT2D eigenvalue weighted by Crippen LogP contribution is -2.36. The molecule has 2 fully saturated rings. The van der Waals surface area contributed by atoms with Crippen molar-refractivity contribution in [3.8, 4) is 23.0 Å². The second-order valence-electron chi connectivity index (χ2n) is 23.8. The van der Waals surface area contributed by atoms with Gasteiger partial charge in [-0.05, 0) is 143 Å². The smallest absolute Gasteiger partial charge is 0.387 e. The maximum Gasteiger partial charge on any atom is 0.387 e. The molecule has 0 aliphatic carbocycles. The summed E-state index contributed by atoms with van der Waals surface area (Å²) in [6, 6.07) is 53.8. The third-order valence-electron chi connectivity index (χ3n) is 15.0. The number of aromatic nitrogens is 4. The molecule has 0 amide bonds. The monoisotopic (exact) mass is 1550 g/mol. The van der Waals surface area contributed by atoms with Gasteiger partial charge in [-0.3, -0.25) is 19.8 Å². The summed E-state index contributed by atoms with van der Waals surface area (Å²) in [6.45, 7) is -2.36. The van der Waals surface area contributed by atoms with Crippen LogP contribution in [0.15, 0.2) is 213 Å². The summed E-state index contributed by atoms with van der Waals surface area (Å²) in [5, 5.41) is 11.8. The van der Waals surface area contributed by atoms with Crippen LogP contribution in [0.1, 0.15) is 46.5 Å². The lowest BCUT2D eigenvalue weighted by Gasteiger charge is -2.33. The molecule has 0 unspecified atom stereocenters. The molecule has 7 aromatic carbocycles. The van der Waals surface area contributed by atoms with Crippen LogP contribution < -0.4 is 49.6 Å². The van der Waals surface area contributed by atoms with Gasteiger partial charge in [0.05, 0.1) is 49.4 Å². The van der Waals surface area contributed by atoms with Gasteiger partial charge >= 0.3 is 38.4 Å². The minimum absolute atomic E-state index is 0. The first kappa shape index (κ1) is 80.0. The third kappa shape index (κ3) is 27.9. The van der Waals surface area contributed by atoms with E-state index in [0.717, 1.165) is 74.7 Å². The van der Waals surface area contributed by atoms with Gasteiger partial charge < -0.3 is 59.1 Å². The Morgan fingerprint density at radius 1 is 0.495 bits per heavy atom. The van der Waals surface area contributed by atoms with E-state index in [1.807, 2.05) is 128 Å². The maximum atomic E-state index is 12.9. The van der Waals surface area contributed by atoms with Crippen molar-refractivity contribution >= 4 is 99.0 Å². The number of carbonyl (C=O) groups excluding carboxylic acids is 1. The molecular weight excluding hydrogens is 1470 g/mol. The summed E-state index contributed by atoms with van der Waals surface area (Å²) in [5.74, 6) is 2.14. The fraction of sp³-hybridized carbons (Fsp3) is 0.297. The van der Waals surface area contributed by atoms with Crippen LogP contribution in [0.25, 0.3) is 0 Å². The molecule has 2 aliphatic rings. The third-order valence-corrected chi connectivity index (χ3v) is 15.0. The molecular formula is C74H79F8IN10O10. The number of benzene rings is 7. The number of carbonyl (C=O) groups is 2. The number of nitrogen functional groups attached to an aromatic ring is 1. The summed E-state index contributed by atoms with van der Waals surface area (Å²) in [4.78, 5) is 49.1. The molecule has 29 heteroatoms. The normalized spacial score (nSPS) is 13.0. The van der Waals surface area contributed by atoms with Crippen LogP contribution in [0, 0.1) is 11.8 Å². The van der Waals surface area contributed by atoms with Gasteiger partial charge in [0.15, 0.2) is 11.6 Å². The highest BCUT2D eigenvalue weighted by Crippen LogP contribution is 2.38. The molecule has 2 aliphatic heterocycles. The molecule has 0 atom stereocenters. The van der Waals surface area contributed by atoms with Crippen molar-refractivity contribution in [3.63, 3.8) is 0 Å². The molecule has 2 saturated heterocycles. The van der Waals surface area contributed by atoms with Crippen molar-refractivity contribution in [1.82, 2.24) is 19.9 Å². The predicted molar refractivity (Wildman–Crippen MR) is 387 cm³/mol. The second-order valence-corrected chi connectivity index (χ2v) is 23.8. The first-order valence-corrected chi connectivity index (χ1v) is 32.3. The number of nitrogens with zero attached hydrogens (tertiary/aromatic N) is 8. The lowest BCUT2D eigenvalue weighted by molar-refractivity contribution is -0.160. The van der Waals surface area contributed by atoms with E-state index in [2.05, 4.69) is 44.0 Å². The highest BCUT2D eigenvalue weighted by molar-refractivity contribution is 14.0. The Bertz CT molecular complexity index is 3990. The Hall–Kier alpha value is -10.3. The quantitative estimate of drug-likeness (QED) is 0.0198. The number of alkyl halides is 8. The number of anilines is 11. The number of ether oxygens (including phenoxy) is 7.